The van der Waals surface area contributed by atoms with E-state index in [0.29, 0.717) is 15.4 Å². The molecule has 2 N–H and O–H groups in total. The molecule has 4 rings (SSSR count). The molecule has 0 atom stereocenters. The number of methoxy groups -OCH3 is 1. The van der Waals surface area contributed by atoms with Crippen LogP contribution in [0.25, 0.3) is 32.6 Å². The number of fused-ring (bicyclic) bond motifs is 1. The van der Waals surface area contributed by atoms with Crippen LogP contribution in [0.4, 0.5) is 5.69 Å². The van der Waals surface area contributed by atoms with Crippen LogP contribution in [0.2, 0.25) is 0 Å². The topological polar surface area (TPSA) is 78.1 Å². The molecule has 0 saturated heterocycles. The van der Waals surface area contributed by atoms with Gasteiger partial charge < -0.3 is 10.5 Å². The molecule has 3 aromatic heterocycles. The van der Waals surface area contributed by atoms with E-state index in [9.17, 15) is 4.79 Å². The number of anilines is 1. The molecule has 0 aliphatic heterocycles. The number of nitrogens with two attached hydrogens (primary N) is 1. The lowest BCUT2D eigenvalue weighted by Gasteiger charge is -2.08. The molecular weight excluding hydrogens is 346 g/mol. The lowest BCUT2D eigenvalue weighted by Crippen LogP contribution is -2.01. The number of hydrogen-bond donors (Lipinski definition) is 1. The minimum atomic E-state index is -0.455. The minimum Gasteiger partial charge on any atom is -0.465 e. The van der Waals surface area contributed by atoms with Gasteiger partial charge in [-0.1, -0.05) is 36.4 Å². The van der Waals surface area contributed by atoms with Crippen molar-refractivity contribution in [3.63, 3.8) is 0 Å². The standard InChI is InChI=1S/C20H15N3O2S/c1-25-20(24)18-17(21)16-14(13-8-5-9-22-11-13)10-15(23-19(16)26-18)12-6-3-2-4-7-12/h2-11H,21H2,1H3. The van der Waals surface area contributed by atoms with Crippen molar-refractivity contribution in [1.29, 1.82) is 0 Å². The third-order valence-electron chi connectivity index (χ3n) is 4.11. The van der Waals surface area contributed by atoms with Crippen molar-refractivity contribution in [3.8, 4) is 22.4 Å². The summed E-state index contributed by atoms with van der Waals surface area (Å²) in [6.07, 6.45) is 3.50. The highest BCUT2D eigenvalue weighted by molar-refractivity contribution is 7.21. The highest BCUT2D eigenvalue weighted by Crippen LogP contribution is 2.41. The number of ether oxygens (including phenoxy) is 1. The number of benzene rings is 1. The Morgan fingerprint density at radius 3 is 2.58 bits per heavy atom. The zero-order chi connectivity index (χ0) is 18.1. The largest absolute Gasteiger partial charge is 0.465 e. The van der Waals surface area contributed by atoms with E-state index < -0.39 is 5.97 Å². The number of carbonyl (C=O) groups is 1. The zero-order valence-electron chi connectivity index (χ0n) is 14.0. The van der Waals surface area contributed by atoms with Crippen molar-refractivity contribution in [3.05, 3.63) is 65.8 Å². The molecule has 0 unspecified atom stereocenters. The number of carbonyl (C=O) groups excluding carboxylic acids is 1. The molecule has 6 heteroatoms. The predicted molar refractivity (Wildman–Crippen MR) is 104 cm³/mol. The van der Waals surface area contributed by atoms with E-state index in [4.69, 9.17) is 15.5 Å². The van der Waals surface area contributed by atoms with Crippen LogP contribution in [0.3, 0.4) is 0 Å². The SMILES string of the molecule is COC(=O)c1sc2nc(-c3ccccc3)cc(-c3cccnc3)c2c1N. The van der Waals surface area contributed by atoms with E-state index in [1.165, 1.54) is 18.4 Å². The van der Waals surface area contributed by atoms with Gasteiger partial charge in [0.1, 0.15) is 9.71 Å². The second-order valence-corrected chi connectivity index (χ2v) is 6.68. The first-order valence-electron chi connectivity index (χ1n) is 7.96. The maximum absolute atomic E-state index is 12.1. The van der Waals surface area contributed by atoms with Gasteiger partial charge in [0.2, 0.25) is 0 Å². The van der Waals surface area contributed by atoms with E-state index in [-0.39, 0.29) is 0 Å². The summed E-state index contributed by atoms with van der Waals surface area (Å²) in [5.41, 5.74) is 10.3. The summed E-state index contributed by atoms with van der Waals surface area (Å²) in [5.74, 6) is -0.455. The van der Waals surface area contributed by atoms with Gasteiger partial charge in [0.25, 0.3) is 0 Å². The number of pyridine rings is 2. The van der Waals surface area contributed by atoms with E-state index in [1.807, 2.05) is 48.5 Å². The van der Waals surface area contributed by atoms with Gasteiger partial charge in [0.15, 0.2) is 0 Å². The van der Waals surface area contributed by atoms with E-state index in [0.717, 1.165) is 27.8 Å². The molecule has 0 saturated carbocycles. The molecule has 1 aromatic carbocycles. The molecule has 5 nitrogen and oxygen atoms in total. The monoisotopic (exact) mass is 361 g/mol. The molecular formula is C20H15N3O2S. The fraction of sp³-hybridized carbons (Fsp3) is 0.0500. The molecule has 26 heavy (non-hydrogen) atoms. The Morgan fingerprint density at radius 1 is 1.12 bits per heavy atom. The number of hydrogen-bond acceptors (Lipinski definition) is 6. The molecule has 0 spiro atoms. The Hall–Kier alpha value is -3.25. The van der Waals surface area contributed by atoms with Crippen molar-refractivity contribution < 1.29 is 9.53 Å². The van der Waals surface area contributed by atoms with Crippen LogP contribution >= 0.6 is 11.3 Å². The van der Waals surface area contributed by atoms with Gasteiger partial charge in [-0.15, -0.1) is 11.3 Å². The van der Waals surface area contributed by atoms with Gasteiger partial charge in [-0.05, 0) is 17.7 Å². The highest BCUT2D eigenvalue weighted by atomic mass is 32.1. The number of thiophene rings is 1. The zero-order valence-corrected chi connectivity index (χ0v) is 14.8. The maximum Gasteiger partial charge on any atom is 0.350 e. The Kier molecular flexibility index (Phi) is 4.10. The minimum absolute atomic E-state index is 0.366. The molecule has 0 radical (unpaired) electrons. The lowest BCUT2D eigenvalue weighted by molar-refractivity contribution is 0.0607. The van der Waals surface area contributed by atoms with Crippen molar-refractivity contribution >= 4 is 33.2 Å². The van der Waals surface area contributed by atoms with Crippen LogP contribution in [0, 0.1) is 0 Å². The van der Waals surface area contributed by atoms with Crippen LogP contribution in [-0.2, 0) is 4.74 Å². The Balaban J connectivity index is 2.05. The molecule has 128 valence electrons. The van der Waals surface area contributed by atoms with E-state index in [1.54, 1.807) is 12.4 Å². The normalized spacial score (nSPS) is 10.8. The molecule has 0 aliphatic carbocycles. The fourth-order valence-electron chi connectivity index (χ4n) is 2.87. The second-order valence-electron chi connectivity index (χ2n) is 5.68. The van der Waals surface area contributed by atoms with Gasteiger partial charge in [-0.3, -0.25) is 4.98 Å². The van der Waals surface area contributed by atoms with E-state index >= 15 is 0 Å². The molecule has 0 aliphatic rings. The highest BCUT2D eigenvalue weighted by Gasteiger charge is 2.22. The summed E-state index contributed by atoms with van der Waals surface area (Å²) < 4.78 is 4.86. The smallest absolute Gasteiger partial charge is 0.350 e. The first kappa shape index (κ1) is 16.2. The van der Waals surface area contributed by atoms with Crippen LogP contribution < -0.4 is 5.73 Å². The first-order chi connectivity index (χ1) is 12.7. The number of esters is 1. The average Bonchev–Trinajstić information content (AvgIpc) is 3.04. The quantitative estimate of drug-likeness (QED) is 0.547. The number of nitrogens with zero attached hydrogens (tertiary/aromatic N) is 2. The summed E-state index contributed by atoms with van der Waals surface area (Å²) in [6.45, 7) is 0. The Labute approximate surface area is 154 Å². The summed E-state index contributed by atoms with van der Waals surface area (Å²) >= 11 is 1.24. The van der Waals surface area contributed by atoms with Gasteiger partial charge in [-0.2, -0.15) is 0 Å². The third kappa shape index (κ3) is 2.70. The van der Waals surface area contributed by atoms with Gasteiger partial charge in [0, 0.05) is 28.9 Å². The van der Waals surface area contributed by atoms with Crippen LogP contribution in [0.1, 0.15) is 9.67 Å². The van der Waals surface area contributed by atoms with Crippen LogP contribution in [0.5, 0.6) is 0 Å². The average molecular weight is 361 g/mol. The van der Waals surface area contributed by atoms with Gasteiger partial charge in [-0.25, -0.2) is 9.78 Å². The fourth-order valence-corrected chi connectivity index (χ4v) is 3.91. The molecule has 4 aromatic rings. The number of rotatable bonds is 3. The summed E-state index contributed by atoms with van der Waals surface area (Å²) in [7, 11) is 1.34. The van der Waals surface area contributed by atoms with Crippen LogP contribution in [-0.4, -0.2) is 23.0 Å². The van der Waals surface area contributed by atoms with Gasteiger partial charge in [0.05, 0.1) is 18.5 Å². The van der Waals surface area contributed by atoms with Gasteiger partial charge >= 0.3 is 5.97 Å². The third-order valence-corrected chi connectivity index (χ3v) is 5.19. The summed E-state index contributed by atoms with van der Waals surface area (Å²) in [5, 5.41) is 0.753. The molecule has 0 bridgehead atoms. The molecule has 3 heterocycles. The maximum atomic E-state index is 12.1. The van der Waals surface area contributed by atoms with E-state index in [2.05, 4.69) is 4.98 Å². The molecule has 0 amide bonds. The second kappa shape index (κ2) is 6.57. The number of nitrogen functional groups attached to an aromatic ring is 1. The molecule has 0 fully saturated rings. The Bertz CT molecular complexity index is 1090. The predicted octanol–water partition coefficient (Wildman–Crippen LogP) is 4.39. The Morgan fingerprint density at radius 2 is 1.88 bits per heavy atom. The van der Waals surface area contributed by atoms with Crippen molar-refractivity contribution in [1.82, 2.24) is 9.97 Å². The summed E-state index contributed by atoms with van der Waals surface area (Å²) in [6, 6.07) is 15.7. The first-order valence-corrected chi connectivity index (χ1v) is 8.78. The van der Waals surface area contributed by atoms with Crippen molar-refractivity contribution in [2.24, 2.45) is 0 Å². The summed E-state index contributed by atoms with van der Waals surface area (Å²) in [4.78, 5) is 22.1. The lowest BCUT2D eigenvalue weighted by atomic mass is 10.0. The van der Waals surface area contributed by atoms with Crippen molar-refractivity contribution in [2.45, 2.75) is 0 Å². The number of aromatic nitrogens is 2. The van der Waals surface area contributed by atoms with Crippen LogP contribution in [0.15, 0.2) is 60.9 Å². The van der Waals surface area contributed by atoms with Crippen molar-refractivity contribution in [2.75, 3.05) is 12.8 Å².